The second kappa shape index (κ2) is 14.2. The van der Waals surface area contributed by atoms with Gasteiger partial charge in [0.05, 0.1) is 53.3 Å². The third kappa shape index (κ3) is 13.2. The van der Waals surface area contributed by atoms with Gasteiger partial charge in [-0.3, -0.25) is 0 Å². The summed E-state index contributed by atoms with van der Waals surface area (Å²) in [6.07, 6.45) is 0. The van der Waals surface area contributed by atoms with Crippen LogP contribution in [0.25, 0.3) is 0 Å². The number of nitrogens with zero attached hydrogens (tertiary/aromatic N) is 1. The van der Waals surface area contributed by atoms with Gasteiger partial charge in [-0.25, -0.2) is 4.99 Å². The third-order valence-corrected chi connectivity index (χ3v) is 1.95. The number of likely N-dealkylation sites (N-methyl/N-ethyl adjacent to an activating group) is 1. The first-order chi connectivity index (χ1) is 8.81. The van der Waals surface area contributed by atoms with E-state index in [1.807, 2.05) is 7.05 Å². The quantitative estimate of drug-likeness (QED) is 0.273. The molecular formula is C11H25N3O4. The normalized spacial score (nSPS) is 11.8. The lowest BCUT2D eigenvalue weighted by molar-refractivity contribution is 0.0168. The van der Waals surface area contributed by atoms with E-state index in [2.05, 4.69) is 15.0 Å². The predicted octanol–water partition coefficient (Wildman–Crippen LogP) is -0.783. The van der Waals surface area contributed by atoms with E-state index in [-0.39, 0.29) is 6.02 Å². The highest BCUT2D eigenvalue weighted by Crippen LogP contribution is 1.82. The van der Waals surface area contributed by atoms with E-state index in [1.165, 1.54) is 7.11 Å². The Hall–Kier alpha value is -0.890. The maximum atomic E-state index is 5.33. The van der Waals surface area contributed by atoms with Crippen LogP contribution in [0.5, 0.6) is 0 Å². The number of nitrogens with one attached hydrogen (secondary N) is 1. The van der Waals surface area contributed by atoms with E-state index in [1.54, 1.807) is 0 Å². The zero-order chi connectivity index (χ0) is 13.5. The van der Waals surface area contributed by atoms with E-state index in [0.29, 0.717) is 46.2 Å². The Kier molecular flexibility index (Phi) is 13.5. The molecule has 0 fully saturated rings. The number of nitrogens with two attached hydrogens (primary N) is 1. The van der Waals surface area contributed by atoms with Crippen LogP contribution in [-0.2, 0) is 18.9 Å². The number of rotatable bonds is 12. The highest BCUT2D eigenvalue weighted by molar-refractivity contribution is 5.71. The van der Waals surface area contributed by atoms with Crippen molar-refractivity contribution in [1.29, 1.82) is 0 Å². The second-order valence-electron chi connectivity index (χ2n) is 3.36. The highest BCUT2D eigenvalue weighted by Gasteiger charge is 1.92. The number of hydrogen-bond acceptors (Lipinski definition) is 6. The molecule has 0 unspecified atom stereocenters. The lowest BCUT2D eigenvalue weighted by Crippen LogP contribution is -2.17. The molecule has 0 aliphatic rings. The largest absolute Gasteiger partial charge is 0.469 e. The van der Waals surface area contributed by atoms with Crippen molar-refractivity contribution < 1.29 is 18.9 Å². The summed E-state index contributed by atoms with van der Waals surface area (Å²) in [6, 6.07) is 0.175. The zero-order valence-electron chi connectivity index (χ0n) is 11.3. The van der Waals surface area contributed by atoms with Gasteiger partial charge in [0.15, 0.2) is 0 Å². The van der Waals surface area contributed by atoms with Crippen molar-refractivity contribution in [2.45, 2.75) is 0 Å². The third-order valence-electron chi connectivity index (χ3n) is 1.95. The minimum Gasteiger partial charge on any atom is -0.469 e. The first-order valence-electron chi connectivity index (χ1n) is 6.03. The van der Waals surface area contributed by atoms with Gasteiger partial charge < -0.3 is 30.0 Å². The smallest absolute Gasteiger partial charge is 0.281 e. The Bertz CT molecular complexity index is 203. The standard InChI is InChI=1S/C11H25N3O4/c1-13-3-5-16-7-9-18-10-8-17-6-4-14-11(12)15-2/h13H,3-10H2,1-2H3,(H2,12,14). The van der Waals surface area contributed by atoms with E-state index in [4.69, 9.17) is 19.9 Å². The van der Waals surface area contributed by atoms with Crippen molar-refractivity contribution in [3.63, 3.8) is 0 Å². The Labute approximate surface area is 109 Å². The lowest BCUT2D eigenvalue weighted by Gasteiger charge is -2.06. The molecule has 0 amide bonds. The van der Waals surface area contributed by atoms with Crippen molar-refractivity contribution in [2.75, 3.05) is 66.9 Å². The summed E-state index contributed by atoms with van der Waals surface area (Å²) in [4.78, 5) is 3.90. The molecule has 0 heterocycles. The topological polar surface area (TPSA) is 87.3 Å². The molecule has 0 bridgehead atoms. The van der Waals surface area contributed by atoms with Crippen LogP contribution in [-0.4, -0.2) is 72.9 Å². The van der Waals surface area contributed by atoms with Crippen molar-refractivity contribution in [3.8, 4) is 0 Å². The van der Waals surface area contributed by atoms with Gasteiger partial charge in [0.2, 0.25) is 0 Å². The van der Waals surface area contributed by atoms with Gasteiger partial charge in [0.1, 0.15) is 0 Å². The minimum atomic E-state index is 0.175. The maximum absolute atomic E-state index is 5.33. The average Bonchev–Trinajstić information content (AvgIpc) is 2.39. The fourth-order valence-corrected chi connectivity index (χ4v) is 1.00. The Morgan fingerprint density at radius 2 is 1.56 bits per heavy atom. The first kappa shape index (κ1) is 17.1. The molecule has 0 atom stereocenters. The van der Waals surface area contributed by atoms with Crippen molar-refractivity contribution in [2.24, 2.45) is 10.7 Å². The maximum Gasteiger partial charge on any atom is 0.281 e. The molecule has 0 aliphatic carbocycles. The molecule has 18 heavy (non-hydrogen) atoms. The SMILES string of the molecule is CNCCOCCOCCOCCN=C(N)OC. The van der Waals surface area contributed by atoms with Crippen LogP contribution < -0.4 is 11.1 Å². The van der Waals surface area contributed by atoms with Gasteiger partial charge in [0, 0.05) is 6.54 Å². The molecule has 0 aromatic heterocycles. The van der Waals surface area contributed by atoms with E-state index < -0.39 is 0 Å². The van der Waals surface area contributed by atoms with Crippen LogP contribution in [0.4, 0.5) is 0 Å². The number of ether oxygens (including phenoxy) is 4. The van der Waals surface area contributed by atoms with Gasteiger partial charge in [-0.1, -0.05) is 0 Å². The molecule has 0 saturated carbocycles. The van der Waals surface area contributed by atoms with Gasteiger partial charge in [-0.2, -0.15) is 0 Å². The molecule has 0 aromatic carbocycles. The van der Waals surface area contributed by atoms with Gasteiger partial charge >= 0.3 is 0 Å². The van der Waals surface area contributed by atoms with Crippen LogP contribution >= 0.6 is 0 Å². The number of amidine groups is 1. The summed E-state index contributed by atoms with van der Waals surface area (Å²) >= 11 is 0. The molecule has 7 nitrogen and oxygen atoms in total. The summed E-state index contributed by atoms with van der Waals surface area (Å²) < 4.78 is 20.5. The van der Waals surface area contributed by atoms with Crippen LogP contribution in [0.15, 0.2) is 4.99 Å². The van der Waals surface area contributed by atoms with Gasteiger partial charge in [-0.05, 0) is 7.05 Å². The molecule has 3 N–H and O–H groups in total. The summed E-state index contributed by atoms with van der Waals surface area (Å²) in [5, 5.41) is 3.00. The predicted molar refractivity (Wildman–Crippen MR) is 69.9 cm³/mol. The van der Waals surface area contributed by atoms with Crippen molar-refractivity contribution >= 4 is 6.02 Å². The summed E-state index contributed by atoms with van der Waals surface area (Å²) in [5.41, 5.74) is 5.33. The minimum absolute atomic E-state index is 0.175. The fraction of sp³-hybridized carbons (Fsp3) is 0.909. The van der Waals surface area contributed by atoms with Crippen LogP contribution in [0.3, 0.4) is 0 Å². The van der Waals surface area contributed by atoms with Crippen molar-refractivity contribution in [1.82, 2.24) is 5.32 Å². The van der Waals surface area contributed by atoms with E-state index in [9.17, 15) is 0 Å². The molecule has 0 rings (SSSR count). The summed E-state index contributed by atoms with van der Waals surface area (Å²) in [5.74, 6) is 0. The molecule has 0 aromatic rings. The van der Waals surface area contributed by atoms with Crippen molar-refractivity contribution in [3.05, 3.63) is 0 Å². The fourth-order valence-electron chi connectivity index (χ4n) is 1.00. The van der Waals surface area contributed by atoms with Crippen LogP contribution in [0.2, 0.25) is 0 Å². The average molecular weight is 263 g/mol. The monoisotopic (exact) mass is 263 g/mol. The molecule has 108 valence electrons. The Morgan fingerprint density at radius 3 is 2.11 bits per heavy atom. The van der Waals surface area contributed by atoms with E-state index in [0.717, 1.165) is 6.54 Å². The van der Waals surface area contributed by atoms with Crippen LogP contribution in [0.1, 0.15) is 0 Å². The molecule has 0 saturated heterocycles. The first-order valence-corrected chi connectivity index (χ1v) is 6.03. The van der Waals surface area contributed by atoms with Crippen LogP contribution in [0, 0.1) is 0 Å². The number of methoxy groups -OCH3 is 1. The number of hydrogen-bond donors (Lipinski definition) is 2. The van der Waals surface area contributed by atoms with Gasteiger partial charge in [0.25, 0.3) is 6.02 Å². The molecule has 7 heteroatoms. The Morgan fingerprint density at radius 1 is 1.00 bits per heavy atom. The molecule has 0 spiro atoms. The number of aliphatic imine (C=N–C) groups is 1. The van der Waals surface area contributed by atoms with E-state index >= 15 is 0 Å². The summed E-state index contributed by atoms with van der Waals surface area (Å²) in [7, 11) is 3.37. The second-order valence-corrected chi connectivity index (χ2v) is 3.36. The lowest BCUT2D eigenvalue weighted by atomic mass is 10.6. The zero-order valence-corrected chi connectivity index (χ0v) is 11.3. The molecular weight excluding hydrogens is 238 g/mol. The highest BCUT2D eigenvalue weighted by atomic mass is 16.5. The van der Waals surface area contributed by atoms with Gasteiger partial charge in [-0.15, -0.1) is 0 Å². The Balaban J connectivity index is 3.03. The molecule has 0 radical (unpaired) electrons. The molecule has 0 aliphatic heterocycles. The summed E-state index contributed by atoms with van der Waals surface area (Å²) in [6.45, 7) is 4.85.